The van der Waals surface area contributed by atoms with Crippen molar-refractivity contribution in [1.82, 2.24) is 4.90 Å². The summed E-state index contributed by atoms with van der Waals surface area (Å²) in [5, 5.41) is 5.24. The first-order valence-electron chi connectivity index (χ1n) is 9.06. The molecule has 0 saturated carbocycles. The molecular weight excluding hydrogens is 374 g/mol. The van der Waals surface area contributed by atoms with Gasteiger partial charge in [-0.2, -0.15) is 0 Å². The highest BCUT2D eigenvalue weighted by Gasteiger charge is 2.35. The van der Waals surface area contributed by atoms with Gasteiger partial charge < -0.3 is 15.4 Å². The van der Waals surface area contributed by atoms with Crippen molar-refractivity contribution >= 4 is 35.2 Å². The number of carbonyl (C=O) groups is 4. The molecule has 0 saturated heterocycles. The highest BCUT2D eigenvalue weighted by molar-refractivity contribution is 6.22. The molecule has 0 spiro atoms. The van der Waals surface area contributed by atoms with Crippen molar-refractivity contribution < 1.29 is 23.9 Å². The third-order valence-corrected chi connectivity index (χ3v) is 4.32. The average molecular weight is 395 g/mol. The van der Waals surface area contributed by atoms with Gasteiger partial charge in [-0.25, -0.2) is 9.59 Å². The molecule has 1 aliphatic rings. The molecule has 2 aromatic rings. The van der Waals surface area contributed by atoms with Crippen LogP contribution in [-0.4, -0.2) is 42.4 Å². The number of esters is 1. The van der Waals surface area contributed by atoms with E-state index in [0.717, 1.165) is 0 Å². The SMILES string of the molecule is COC(=O)c1cccc(NC(=O)Nc2ccc3c(c2)C(=O)N(CC(C)C)C3=O)c1. The molecule has 0 radical (unpaired) electrons. The third kappa shape index (κ3) is 4.26. The summed E-state index contributed by atoms with van der Waals surface area (Å²) in [7, 11) is 1.28. The smallest absolute Gasteiger partial charge is 0.337 e. The van der Waals surface area contributed by atoms with Crippen molar-refractivity contribution in [3.63, 3.8) is 0 Å². The monoisotopic (exact) mass is 395 g/mol. The summed E-state index contributed by atoms with van der Waals surface area (Å²) in [5.74, 6) is -1.05. The van der Waals surface area contributed by atoms with Crippen LogP contribution in [0, 0.1) is 5.92 Å². The minimum atomic E-state index is -0.553. The van der Waals surface area contributed by atoms with E-state index in [1.54, 1.807) is 24.3 Å². The number of rotatable bonds is 5. The van der Waals surface area contributed by atoms with E-state index in [2.05, 4.69) is 15.4 Å². The molecule has 150 valence electrons. The Morgan fingerprint density at radius 3 is 2.28 bits per heavy atom. The minimum absolute atomic E-state index is 0.154. The summed E-state index contributed by atoms with van der Waals surface area (Å²) in [6, 6.07) is 10.3. The number of urea groups is 1. The molecule has 3 rings (SSSR count). The number of benzene rings is 2. The van der Waals surface area contributed by atoms with Crippen LogP contribution < -0.4 is 10.6 Å². The minimum Gasteiger partial charge on any atom is -0.465 e. The number of ether oxygens (including phenoxy) is 1. The highest BCUT2D eigenvalue weighted by atomic mass is 16.5. The predicted octanol–water partition coefficient (Wildman–Crippen LogP) is 3.37. The lowest BCUT2D eigenvalue weighted by molar-refractivity contribution is 0.0597. The van der Waals surface area contributed by atoms with Gasteiger partial charge in [-0.3, -0.25) is 14.5 Å². The first kappa shape index (κ1) is 20.1. The number of nitrogens with zero attached hydrogens (tertiary/aromatic N) is 1. The Kier molecular flexibility index (Phi) is 5.63. The lowest BCUT2D eigenvalue weighted by Gasteiger charge is -2.15. The topological polar surface area (TPSA) is 105 Å². The van der Waals surface area contributed by atoms with Gasteiger partial charge in [0.2, 0.25) is 0 Å². The van der Waals surface area contributed by atoms with E-state index in [1.165, 1.54) is 30.2 Å². The summed E-state index contributed by atoms with van der Waals surface area (Å²) in [6.07, 6.45) is 0. The molecule has 0 aliphatic carbocycles. The molecule has 1 heterocycles. The van der Waals surface area contributed by atoms with Crippen LogP contribution in [0.25, 0.3) is 0 Å². The quantitative estimate of drug-likeness (QED) is 0.597. The fourth-order valence-electron chi connectivity index (χ4n) is 3.03. The summed E-state index contributed by atoms with van der Waals surface area (Å²) >= 11 is 0. The van der Waals surface area contributed by atoms with Gasteiger partial charge in [0.15, 0.2) is 0 Å². The lowest BCUT2D eigenvalue weighted by atomic mass is 10.1. The lowest BCUT2D eigenvalue weighted by Crippen LogP contribution is -2.33. The van der Waals surface area contributed by atoms with Gasteiger partial charge in [-0.1, -0.05) is 19.9 Å². The third-order valence-electron chi connectivity index (χ3n) is 4.32. The van der Waals surface area contributed by atoms with Gasteiger partial charge in [-0.15, -0.1) is 0 Å². The molecule has 8 nitrogen and oxygen atoms in total. The Bertz CT molecular complexity index is 1000. The first-order valence-corrected chi connectivity index (χ1v) is 9.06. The van der Waals surface area contributed by atoms with Gasteiger partial charge in [-0.05, 0) is 42.3 Å². The molecular formula is C21H21N3O5. The zero-order valence-corrected chi connectivity index (χ0v) is 16.3. The zero-order valence-electron chi connectivity index (χ0n) is 16.3. The fraction of sp³-hybridized carbons (Fsp3) is 0.238. The maximum Gasteiger partial charge on any atom is 0.337 e. The highest BCUT2D eigenvalue weighted by Crippen LogP contribution is 2.26. The molecule has 2 aromatic carbocycles. The van der Waals surface area contributed by atoms with Gasteiger partial charge in [0, 0.05) is 17.9 Å². The molecule has 0 fully saturated rings. The van der Waals surface area contributed by atoms with Crippen LogP contribution in [0.3, 0.4) is 0 Å². The number of methoxy groups -OCH3 is 1. The van der Waals surface area contributed by atoms with Crippen molar-refractivity contribution in [2.75, 3.05) is 24.3 Å². The number of nitrogens with one attached hydrogen (secondary N) is 2. The summed E-state index contributed by atoms with van der Waals surface area (Å²) < 4.78 is 4.66. The number of carbonyl (C=O) groups excluding carboxylic acids is 4. The van der Waals surface area contributed by atoms with E-state index in [4.69, 9.17) is 0 Å². The maximum absolute atomic E-state index is 12.5. The fourth-order valence-corrected chi connectivity index (χ4v) is 3.03. The molecule has 4 amide bonds. The number of hydrogen-bond donors (Lipinski definition) is 2. The number of anilines is 2. The average Bonchev–Trinajstić information content (AvgIpc) is 2.91. The van der Waals surface area contributed by atoms with Crippen molar-refractivity contribution in [3.05, 3.63) is 59.2 Å². The van der Waals surface area contributed by atoms with Crippen LogP contribution in [0.1, 0.15) is 44.9 Å². The van der Waals surface area contributed by atoms with Crippen molar-refractivity contribution in [2.24, 2.45) is 5.92 Å². The Hall–Kier alpha value is -3.68. The Balaban J connectivity index is 1.72. The van der Waals surface area contributed by atoms with Crippen LogP contribution in [0.2, 0.25) is 0 Å². The maximum atomic E-state index is 12.5. The van der Waals surface area contributed by atoms with Gasteiger partial charge in [0.05, 0.1) is 23.8 Å². The normalized spacial score (nSPS) is 12.8. The Morgan fingerprint density at radius 1 is 0.966 bits per heavy atom. The molecule has 0 aromatic heterocycles. The second kappa shape index (κ2) is 8.14. The number of imide groups is 1. The molecule has 29 heavy (non-hydrogen) atoms. The molecule has 0 unspecified atom stereocenters. The van der Waals surface area contributed by atoms with Gasteiger partial charge >= 0.3 is 12.0 Å². The second-order valence-corrected chi connectivity index (χ2v) is 7.03. The number of amides is 4. The van der Waals surface area contributed by atoms with Gasteiger partial charge in [0.1, 0.15) is 0 Å². The first-order chi connectivity index (χ1) is 13.8. The van der Waals surface area contributed by atoms with E-state index < -0.39 is 12.0 Å². The van der Waals surface area contributed by atoms with Crippen molar-refractivity contribution in [3.8, 4) is 0 Å². The van der Waals surface area contributed by atoms with Gasteiger partial charge in [0.25, 0.3) is 11.8 Å². The molecule has 8 heteroatoms. The van der Waals surface area contributed by atoms with Crippen LogP contribution >= 0.6 is 0 Å². The summed E-state index contributed by atoms with van der Waals surface area (Å²) in [4.78, 5) is 50.0. The van der Waals surface area contributed by atoms with Crippen LogP contribution in [0.4, 0.5) is 16.2 Å². The largest absolute Gasteiger partial charge is 0.465 e. The Labute approximate surface area is 167 Å². The second-order valence-electron chi connectivity index (χ2n) is 7.03. The van der Waals surface area contributed by atoms with E-state index in [1.807, 2.05) is 13.8 Å². The summed E-state index contributed by atoms with van der Waals surface area (Å²) in [6.45, 7) is 4.19. The van der Waals surface area contributed by atoms with E-state index in [9.17, 15) is 19.2 Å². The Morgan fingerprint density at radius 2 is 1.62 bits per heavy atom. The predicted molar refractivity (Wildman–Crippen MR) is 107 cm³/mol. The van der Waals surface area contributed by atoms with Crippen molar-refractivity contribution in [1.29, 1.82) is 0 Å². The van der Waals surface area contributed by atoms with Crippen molar-refractivity contribution in [2.45, 2.75) is 13.8 Å². The molecule has 0 atom stereocenters. The summed E-state index contributed by atoms with van der Waals surface area (Å²) in [5.41, 5.74) is 1.67. The molecule has 0 bridgehead atoms. The zero-order chi connectivity index (χ0) is 21.1. The molecule has 2 N–H and O–H groups in total. The van der Waals surface area contributed by atoms with Crippen LogP contribution in [0.5, 0.6) is 0 Å². The molecule has 1 aliphatic heterocycles. The van der Waals surface area contributed by atoms with E-state index in [-0.39, 0.29) is 23.3 Å². The standard InChI is InChI=1S/C21H21N3O5/c1-12(2)11-24-18(25)16-8-7-15(10-17(16)19(24)26)23-21(28)22-14-6-4-5-13(9-14)20(27)29-3/h4-10,12H,11H2,1-3H3,(H2,22,23,28). The number of hydrogen-bond acceptors (Lipinski definition) is 5. The van der Waals surface area contributed by atoms with E-state index in [0.29, 0.717) is 29.0 Å². The van der Waals surface area contributed by atoms with Crippen LogP contribution in [0.15, 0.2) is 42.5 Å². The van der Waals surface area contributed by atoms with Crippen LogP contribution in [-0.2, 0) is 4.74 Å². The number of fused-ring (bicyclic) bond motifs is 1. The van der Waals surface area contributed by atoms with E-state index >= 15 is 0 Å².